The average molecular weight is 324 g/mol. The largest absolute Gasteiger partial charge is 0.497 e. The van der Waals surface area contributed by atoms with Crippen LogP contribution in [0.1, 0.15) is 10.5 Å². The van der Waals surface area contributed by atoms with Crippen molar-refractivity contribution in [2.24, 2.45) is 0 Å². The minimum Gasteiger partial charge on any atom is -0.497 e. The molecule has 0 atom stereocenters. The van der Waals surface area contributed by atoms with E-state index in [1.165, 1.54) is 6.20 Å². The Morgan fingerprint density at radius 2 is 1.88 bits per heavy atom. The van der Waals surface area contributed by atoms with Gasteiger partial charge < -0.3 is 14.6 Å². The molecule has 0 bridgehead atoms. The van der Waals surface area contributed by atoms with Gasteiger partial charge in [0.1, 0.15) is 17.3 Å². The summed E-state index contributed by atoms with van der Waals surface area (Å²) in [4.78, 5) is 15.6. The van der Waals surface area contributed by atoms with Crippen molar-refractivity contribution in [3.63, 3.8) is 0 Å². The number of carboxylic acids is 1. The topological polar surface area (TPSA) is 73.6 Å². The second-order valence-corrected chi connectivity index (χ2v) is 5.03. The van der Waals surface area contributed by atoms with Crippen LogP contribution in [0.5, 0.6) is 11.5 Å². The molecule has 3 aromatic rings. The maximum absolute atomic E-state index is 11.4. The molecule has 0 aliphatic heterocycles. The van der Waals surface area contributed by atoms with Crippen molar-refractivity contribution in [1.29, 1.82) is 0 Å². The van der Waals surface area contributed by atoms with Crippen LogP contribution in [-0.2, 0) is 0 Å². The molecule has 24 heavy (non-hydrogen) atoms. The fraction of sp³-hybridized carbons (Fsp3) is 0.111. The molecule has 6 heteroatoms. The van der Waals surface area contributed by atoms with E-state index in [0.29, 0.717) is 23.0 Å². The Kier molecular flexibility index (Phi) is 4.20. The van der Waals surface area contributed by atoms with E-state index in [1.807, 2.05) is 42.5 Å². The van der Waals surface area contributed by atoms with Gasteiger partial charge in [-0.25, -0.2) is 9.78 Å². The first kappa shape index (κ1) is 15.6. The molecule has 1 aromatic heterocycles. The molecule has 2 aromatic carbocycles. The minimum absolute atomic E-state index is 0.0428. The average Bonchev–Trinajstić information content (AvgIpc) is 3.07. The second kappa shape index (κ2) is 6.45. The molecule has 0 aliphatic carbocycles. The van der Waals surface area contributed by atoms with Crippen LogP contribution in [0.2, 0.25) is 0 Å². The monoisotopic (exact) mass is 324 g/mol. The summed E-state index contributed by atoms with van der Waals surface area (Å²) in [7, 11) is 3.15. The highest BCUT2D eigenvalue weighted by Crippen LogP contribution is 2.30. The molecule has 0 saturated carbocycles. The third-order valence-corrected chi connectivity index (χ3v) is 3.60. The smallest absolute Gasteiger partial charge is 0.356 e. The molecule has 3 rings (SSSR count). The number of carboxylic acid groups (broad SMARTS) is 1. The van der Waals surface area contributed by atoms with E-state index >= 15 is 0 Å². The van der Waals surface area contributed by atoms with E-state index in [-0.39, 0.29) is 5.69 Å². The Hall–Kier alpha value is -3.28. The number of nitrogens with zero attached hydrogens (tertiary/aromatic N) is 2. The number of methoxy groups -OCH3 is 2. The predicted octanol–water partition coefficient (Wildman–Crippen LogP) is 3.25. The van der Waals surface area contributed by atoms with Gasteiger partial charge in [-0.3, -0.25) is 4.57 Å². The fourth-order valence-electron chi connectivity index (χ4n) is 2.46. The second-order valence-electron chi connectivity index (χ2n) is 5.03. The molecular formula is C18H16N2O4. The quantitative estimate of drug-likeness (QED) is 0.780. The predicted molar refractivity (Wildman–Crippen MR) is 89.1 cm³/mol. The molecule has 0 spiro atoms. The Morgan fingerprint density at radius 3 is 2.58 bits per heavy atom. The van der Waals surface area contributed by atoms with Gasteiger partial charge in [0.05, 0.1) is 19.9 Å². The molecule has 0 radical (unpaired) electrons. The molecule has 6 nitrogen and oxygen atoms in total. The number of imidazole rings is 1. The zero-order valence-corrected chi connectivity index (χ0v) is 13.3. The zero-order chi connectivity index (χ0) is 17.1. The number of hydrogen-bond donors (Lipinski definition) is 1. The van der Waals surface area contributed by atoms with Gasteiger partial charge in [0.2, 0.25) is 0 Å². The lowest BCUT2D eigenvalue weighted by Crippen LogP contribution is -1.99. The van der Waals surface area contributed by atoms with Crippen LogP contribution < -0.4 is 9.47 Å². The number of rotatable bonds is 5. The summed E-state index contributed by atoms with van der Waals surface area (Å²) in [6.07, 6.45) is 1.48. The highest BCUT2D eigenvalue weighted by molar-refractivity contribution is 5.86. The summed E-state index contributed by atoms with van der Waals surface area (Å²) >= 11 is 0. The summed E-state index contributed by atoms with van der Waals surface area (Å²) in [6, 6.07) is 14.7. The van der Waals surface area contributed by atoms with Gasteiger partial charge in [0, 0.05) is 11.8 Å². The number of benzene rings is 2. The summed E-state index contributed by atoms with van der Waals surface area (Å²) in [5, 5.41) is 9.31. The van der Waals surface area contributed by atoms with Crippen molar-refractivity contribution >= 4 is 5.97 Å². The Labute approximate surface area is 138 Å². The lowest BCUT2D eigenvalue weighted by molar-refractivity contribution is 0.0691. The number of hydrogen-bond acceptors (Lipinski definition) is 4. The van der Waals surface area contributed by atoms with E-state index in [2.05, 4.69) is 4.98 Å². The first-order valence-corrected chi connectivity index (χ1v) is 7.24. The summed E-state index contributed by atoms with van der Waals surface area (Å²) < 4.78 is 12.3. The Balaban J connectivity index is 2.23. The molecule has 0 aliphatic rings. The zero-order valence-electron chi connectivity index (χ0n) is 13.3. The normalized spacial score (nSPS) is 10.4. The lowest BCUT2D eigenvalue weighted by atomic mass is 10.2. The minimum atomic E-state index is -1.09. The number of carbonyl (C=O) groups is 1. The number of aromatic nitrogens is 2. The van der Waals surface area contributed by atoms with E-state index < -0.39 is 5.97 Å². The van der Waals surface area contributed by atoms with Gasteiger partial charge in [-0.2, -0.15) is 0 Å². The molecule has 0 fully saturated rings. The third-order valence-electron chi connectivity index (χ3n) is 3.60. The first-order chi connectivity index (χ1) is 11.6. The van der Waals surface area contributed by atoms with Gasteiger partial charge in [0.15, 0.2) is 5.69 Å². The van der Waals surface area contributed by atoms with E-state index in [0.717, 1.165) is 5.56 Å². The maximum Gasteiger partial charge on any atom is 0.356 e. The van der Waals surface area contributed by atoms with E-state index in [1.54, 1.807) is 24.9 Å². The van der Waals surface area contributed by atoms with Gasteiger partial charge in [-0.1, -0.05) is 24.3 Å². The molecular weight excluding hydrogens is 308 g/mol. The van der Waals surface area contributed by atoms with Crippen LogP contribution in [0.15, 0.2) is 54.7 Å². The van der Waals surface area contributed by atoms with Crippen LogP contribution in [0.25, 0.3) is 17.1 Å². The molecule has 0 unspecified atom stereocenters. The van der Waals surface area contributed by atoms with E-state index in [4.69, 9.17) is 9.47 Å². The molecule has 1 N–H and O–H groups in total. The van der Waals surface area contributed by atoms with Crippen LogP contribution >= 0.6 is 0 Å². The lowest BCUT2D eigenvalue weighted by Gasteiger charge is -2.12. The van der Waals surface area contributed by atoms with E-state index in [9.17, 15) is 9.90 Å². The fourth-order valence-corrected chi connectivity index (χ4v) is 2.46. The SMILES string of the molecule is COc1cccc(-c2nc(C(=O)O)cn2-c2ccccc2OC)c1. The first-order valence-electron chi connectivity index (χ1n) is 7.24. The van der Waals surface area contributed by atoms with Gasteiger partial charge in [0.25, 0.3) is 0 Å². The van der Waals surface area contributed by atoms with Crippen LogP contribution in [0.4, 0.5) is 0 Å². The molecule has 1 heterocycles. The van der Waals surface area contributed by atoms with Crippen LogP contribution in [0.3, 0.4) is 0 Å². The summed E-state index contributed by atoms with van der Waals surface area (Å²) in [5.41, 5.74) is 1.41. The summed E-state index contributed by atoms with van der Waals surface area (Å²) in [5.74, 6) is 0.693. The van der Waals surface area contributed by atoms with Crippen molar-refractivity contribution in [3.8, 4) is 28.6 Å². The van der Waals surface area contributed by atoms with Gasteiger partial charge in [-0.15, -0.1) is 0 Å². The Morgan fingerprint density at radius 1 is 1.08 bits per heavy atom. The number of ether oxygens (including phenoxy) is 2. The van der Waals surface area contributed by atoms with Gasteiger partial charge >= 0.3 is 5.97 Å². The van der Waals surface area contributed by atoms with Gasteiger partial charge in [-0.05, 0) is 24.3 Å². The van der Waals surface area contributed by atoms with Crippen molar-refractivity contribution < 1.29 is 19.4 Å². The van der Waals surface area contributed by atoms with Crippen molar-refractivity contribution in [2.75, 3.05) is 14.2 Å². The molecule has 0 saturated heterocycles. The highest BCUT2D eigenvalue weighted by Gasteiger charge is 2.18. The van der Waals surface area contributed by atoms with Crippen molar-refractivity contribution in [1.82, 2.24) is 9.55 Å². The van der Waals surface area contributed by atoms with Crippen molar-refractivity contribution in [2.45, 2.75) is 0 Å². The summed E-state index contributed by atoms with van der Waals surface area (Å²) in [6.45, 7) is 0. The Bertz CT molecular complexity index is 886. The van der Waals surface area contributed by atoms with Crippen LogP contribution in [-0.4, -0.2) is 34.8 Å². The standard InChI is InChI=1S/C18H16N2O4/c1-23-13-7-5-6-12(10-13)17-19-14(18(21)22)11-20(17)15-8-3-4-9-16(15)24-2/h3-11H,1-2H3,(H,21,22). The van der Waals surface area contributed by atoms with Crippen molar-refractivity contribution in [3.05, 3.63) is 60.4 Å². The third kappa shape index (κ3) is 2.81. The number of aromatic carboxylic acids is 1. The molecule has 0 amide bonds. The highest BCUT2D eigenvalue weighted by atomic mass is 16.5. The van der Waals surface area contributed by atoms with Crippen LogP contribution in [0, 0.1) is 0 Å². The number of para-hydroxylation sites is 2. The maximum atomic E-state index is 11.4. The molecule has 122 valence electrons.